The largest absolute Gasteiger partial charge is 0.378 e. The van der Waals surface area contributed by atoms with E-state index in [1.807, 2.05) is 66.1 Å². The van der Waals surface area contributed by atoms with E-state index >= 15 is 0 Å². The predicted molar refractivity (Wildman–Crippen MR) is 129 cm³/mol. The highest BCUT2D eigenvalue weighted by molar-refractivity contribution is 5.99. The molecule has 1 atom stereocenters. The monoisotopic (exact) mass is 450 g/mol. The molecule has 2 amide bonds. The molecule has 2 fully saturated rings. The van der Waals surface area contributed by atoms with Crippen LogP contribution in [0, 0.1) is 5.92 Å². The number of nitrogens with zero attached hydrogens (tertiary/aromatic N) is 4. The average Bonchev–Trinajstić information content (AvgIpc) is 2.89. The standard InChI is InChI=1S/C26H34N4O3/c1-3-28(4-2)25(31)21-11-8-14-30(19-21)26(32)22-12-13-23(20-9-6-5-7-10-20)27-24(22)29-15-17-33-18-16-29/h5-7,9-10,12-13,21H,3-4,8,11,14-19H2,1-2H3/t21-/m1/s1. The van der Waals surface area contributed by atoms with Gasteiger partial charge in [-0.15, -0.1) is 0 Å². The number of morpholine rings is 1. The highest BCUT2D eigenvalue weighted by Gasteiger charge is 2.32. The zero-order valence-electron chi connectivity index (χ0n) is 19.7. The molecule has 2 aliphatic heterocycles. The van der Waals surface area contributed by atoms with Crippen LogP contribution in [0.4, 0.5) is 5.82 Å². The van der Waals surface area contributed by atoms with Crippen LogP contribution in [0.25, 0.3) is 11.3 Å². The Balaban J connectivity index is 1.61. The van der Waals surface area contributed by atoms with Crippen LogP contribution in [0.3, 0.4) is 0 Å². The first-order valence-electron chi connectivity index (χ1n) is 12.1. The fraction of sp³-hybridized carbons (Fsp3) is 0.500. The normalized spacial score (nSPS) is 18.8. The van der Waals surface area contributed by atoms with Gasteiger partial charge in [-0.3, -0.25) is 9.59 Å². The first kappa shape index (κ1) is 23.2. The van der Waals surface area contributed by atoms with Crippen LogP contribution in [0.5, 0.6) is 0 Å². The van der Waals surface area contributed by atoms with Gasteiger partial charge in [-0.25, -0.2) is 4.98 Å². The van der Waals surface area contributed by atoms with Gasteiger partial charge in [0.2, 0.25) is 5.91 Å². The van der Waals surface area contributed by atoms with E-state index in [2.05, 4.69) is 4.90 Å². The predicted octanol–water partition coefficient (Wildman–Crippen LogP) is 3.31. The van der Waals surface area contributed by atoms with Crippen molar-refractivity contribution in [3.8, 4) is 11.3 Å². The van der Waals surface area contributed by atoms with Crippen molar-refractivity contribution in [2.24, 2.45) is 5.92 Å². The SMILES string of the molecule is CCN(CC)C(=O)[C@@H]1CCCN(C(=O)c2ccc(-c3ccccc3)nc2N2CCOCC2)C1. The summed E-state index contributed by atoms with van der Waals surface area (Å²) in [5, 5.41) is 0. The third kappa shape index (κ3) is 5.19. The van der Waals surface area contributed by atoms with Gasteiger partial charge in [-0.2, -0.15) is 0 Å². The maximum Gasteiger partial charge on any atom is 0.257 e. The Labute approximate surface area is 196 Å². The van der Waals surface area contributed by atoms with Gasteiger partial charge in [-0.1, -0.05) is 30.3 Å². The smallest absolute Gasteiger partial charge is 0.257 e. The lowest BCUT2D eigenvalue weighted by Crippen LogP contribution is -2.47. The second-order valence-corrected chi connectivity index (χ2v) is 8.63. The van der Waals surface area contributed by atoms with Gasteiger partial charge in [0.05, 0.1) is 30.4 Å². The van der Waals surface area contributed by atoms with Crippen LogP contribution < -0.4 is 4.90 Å². The number of piperidine rings is 1. The van der Waals surface area contributed by atoms with Crippen LogP contribution >= 0.6 is 0 Å². The molecule has 33 heavy (non-hydrogen) atoms. The van der Waals surface area contributed by atoms with Gasteiger partial charge < -0.3 is 19.4 Å². The number of anilines is 1. The molecule has 0 aliphatic carbocycles. The molecule has 0 spiro atoms. The Bertz CT molecular complexity index is 955. The Morgan fingerprint density at radius 2 is 1.76 bits per heavy atom. The molecule has 3 heterocycles. The summed E-state index contributed by atoms with van der Waals surface area (Å²) in [6.45, 7) is 9.19. The van der Waals surface area contributed by atoms with E-state index in [-0.39, 0.29) is 17.7 Å². The zero-order valence-corrected chi connectivity index (χ0v) is 19.7. The lowest BCUT2D eigenvalue weighted by molar-refractivity contribution is -0.136. The van der Waals surface area contributed by atoms with Crippen molar-refractivity contribution in [3.63, 3.8) is 0 Å². The van der Waals surface area contributed by atoms with E-state index in [1.54, 1.807) is 0 Å². The molecule has 0 radical (unpaired) electrons. The highest BCUT2D eigenvalue weighted by atomic mass is 16.5. The number of rotatable bonds is 6. The van der Waals surface area contributed by atoms with Crippen molar-refractivity contribution in [1.82, 2.24) is 14.8 Å². The minimum Gasteiger partial charge on any atom is -0.378 e. The Kier molecular flexibility index (Phi) is 7.60. The van der Waals surface area contributed by atoms with Gasteiger partial charge >= 0.3 is 0 Å². The van der Waals surface area contributed by atoms with Gasteiger partial charge in [0.25, 0.3) is 5.91 Å². The van der Waals surface area contributed by atoms with E-state index < -0.39 is 0 Å². The number of aromatic nitrogens is 1. The topological polar surface area (TPSA) is 66.0 Å². The zero-order chi connectivity index (χ0) is 23.2. The quantitative estimate of drug-likeness (QED) is 0.676. The maximum atomic E-state index is 13.7. The first-order valence-corrected chi connectivity index (χ1v) is 12.1. The molecule has 0 saturated carbocycles. The minimum atomic E-state index is -0.133. The van der Waals surface area contributed by atoms with E-state index in [1.165, 1.54) is 0 Å². The molecular weight excluding hydrogens is 416 g/mol. The number of carbonyl (C=O) groups is 2. The fourth-order valence-electron chi connectivity index (χ4n) is 4.73. The lowest BCUT2D eigenvalue weighted by Gasteiger charge is -2.35. The van der Waals surface area contributed by atoms with Crippen molar-refractivity contribution < 1.29 is 14.3 Å². The summed E-state index contributed by atoms with van der Waals surface area (Å²) < 4.78 is 5.53. The molecule has 2 saturated heterocycles. The molecule has 1 aromatic carbocycles. The summed E-state index contributed by atoms with van der Waals surface area (Å²) in [5.41, 5.74) is 2.48. The van der Waals surface area contributed by atoms with Crippen LogP contribution in [-0.2, 0) is 9.53 Å². The minimum absolute atomic E-state index is 0.0411. The van der Waals surface area contributed by atoms with Crippen LogP contribution in [0.15, 0.2) is 42.5 Å². The molecule has 7 nitrogen and oxygen atoms in total. The number of ether oxygens (including phenoxy) is 1. The summed E-state index contributed by atoms with van der Waals surface area (Å²) in [4.78, 5) is 37.4. The van der Waals surface area contributed by atoms with Crippen molar-refractivity contribution in [2.75, 3.05) is 57.4 Å². The molecule has 176 valence electrons. The molecule has 0 unspecified atom stereocenters. The van der Waals surface area contributed by atoms with Crippen LogP contribution in [0.2, 0.25) is 0 Å². The van der Waals surface area contributed by atoms with Gasteiger partial charge in [0, 0.05) is 44.8 Å². The lowest BCUT2D eigenvalue weighted by atomic mass is 9.95. The number of likely N-dealkylation sites (tertiary alicyclic amines) is 1. The van der Waals surface area contributed by atoms with Crippen molar-refractivity contribution in [2.45, 2.75) is 26.7 Å². The second-order valence-electron chi connectivity index (χ2n) is 8.63. The van der Waals surface area contributed by atoms with Crippen molar-refractivity contribution in [1.29, 1.82) is 0 Å². The fourth-order valence-corrected chi connectivity index (χ4v) is 4.73. The summed E-state index contributed by atoms with van der Waals surface area (Å²) in [5.74, 6) is 0.692. The number of benzene rings is 1. The van der Waals surface area contributed by atoms with Crippen molar-refractivity contribution in [3.05, 3.63) is 48.0 Å². The molecule has 7 heteroatoms. The van der Waals surface area contributed by atoms with E-state index in [0.717, 1.165) is 24.1 Å². The van der Waals surface area contributed by atoms with Gasteiger partial charge in [0.1, 0.15) is 5.82 Å². The third-order valence-electron chi connectivity index (χ3n) is 6.62. The summed E-state index contributed by atoms with van der Waals surface area (Å²) in [6, 6.07) is 13.8. The average molecular weight is 451 g/mol. The van der Waals surface area contributed by atoms with Crippen LogP contribution in [0.1, 0.15) is 37.0 Å². The molecule has 0 N–H and O–H groups in total. The molecule has 4 rings (SSSR count). The van der Waals surface area contributed by atoms with Gasteiger partial charge in [-0.05, 0) is 38.8 Å². The molecule has 1 aromatic heterocycles. The summed E-state index contributed by atoms with van der Waals surface area (Å²) in [7, 11) is 0. The number of carbonyl (C=O) groups excluding carboxylic acids is 2. The number of hydrogen-bond acceptors (Lipinski definition) is 5. The summed E-state index contributed by atoms with van der Waals surface area (Å²) in [6.07, 6.45) is 1.67. The van der Waals surface area contributed by atoms with Crippen LogP contribution in [-0.4, -0.2) is 79.1 Å². The summed E-state index contributed by atoms with van der Waals surface area (Å²) >= 11 is 0. The van der Waals surface area contributed by atoms with E-state index in [0.29, 0.717) is 63.9 Å². The molecule has 2 aliphatic rings. The highest BCUT2D eigenvalue weighted by Crippen LogP contribution is 2.28. The molecule has 2 aromatic rings. The Hall–Kier alpha value is -2.93. The molecular formula is C26H34N4O3. The molecule has 0 bridgehead atoms. The maximum absolute atomic E-state index is 13.7. The Morgan fingerprint density at radius 3 is 2.45 bits per heavy atom. The Morgan fingerprint density at radius 1 is 1.03 bits per heavy atom. The number of hydrogen-bond donors (Lipinski definition) is 0. The second kappa shape index (κ2) is 10.8. The number of pyridine rings is 1. The first-order chi connectivity index (χ1) is 16.1. The van der Waals surface area contributed by atoms with E-state index in [9.17, 15) is 9.59 Å². The van der Waals surface area contributed by atoms with E-state index in [4.69, 9.17) is 9.72 Å². The van der Waals surface area contributed by atoms with Gasteiger partial charge in [0.15, 0.2) is 0 Å². The number of amides is 2. The van der Waals surface area contributed by atoms with Crippen molar-refractivity contribution >= 4 is 17.6 Å². The third-order valence-corrected chi connectivity index (χ3v) is 6.62.